The van der Waals surface area contributed by atoms with Crippen LogP contribution in [0.5, 0.6) is 0 Å². The highest BCUT2D eigenvalue weighted by Crippen LogP contribution is 2.24. The summed E-state index contributed by atoms with van der Waals surface area (Å²) in [5.74, 6) is 0.391. The zero-order valence-corrected chi connectivity index (χ0v) is 15.5. The van der Waals surface area contributed by atoms with E-state index < -0.39 is 5.63 Å². The lowest BCUT2D eigenvalue weighted by Gasteiger charge is -2.15. The fourth-order valence-corrected chi connectivity index (χ4v) is 3.56. The smallest absolute Gasteiger partial charge is 0.349 e. The number of hydrogen-bond donors (Lipinski definition) is 0. The molecule has 5 rings (SSSR count). The van der Waals surface area contributed by atoms with E-state index in [4.69, 9.17) is 8.94 Å². The van der Waals surface area contributed by atoms with Crippen LogP contribution in [0.2, 0.25) is 0 Å². The minimum Gasteiger partial charge on any atom is -0.422 e. The molecule has 0 atom stereocenters. The summed E-state index contributed by atoms with van der Waals surface area (Å²) in [4.78, 5) is 31.2. The number of fused-ring (bicyclic) bond motifs is 1. The zero-order chi connectivity index (χ0) is 19.8. The Balaban J connectivity index is 1.49. The Kier molecular flexibility index (Phi) is 4.20. The molecule has 2 aromatic heterocycles. The molecule has 1 saturated heterocycles. The van der Waals surface area contributed by atoms with Crippen LogP contribution in [0.3, 0.4) is 0 Å². The molecule has 3 heterocycles. The molecule has 0 saturated carbocycles. The number of carbonyl (C=O) groups excluding carboxylic acids is 1. The second kappa shape index (κ2) is 7.01. The molecule has 1 aliphatic heterocycles. The lowest BCUT2D eigenvalue weighted by molar-refractivity contribution is 0.0793. The number of likely N-dealkylation sites (tertiary alicyclic amines) is 1. The SMILES string of the molecule is O=C(c1cccc(-c2noc(-c3cc4ccccc4oc3=O)n2)c1)N1CCCC1. The van der Waals surface area contributed by atoms with Crippen LogP contribution in [0.4, 0.5) is 0 Å². The van der Waals surface area contributed by atoms with Gasteiger partial charge in [0.2, 0.25) is 5.82 Å². The van der Waals surface area contributed by atoms with Gasteiger partial charge in [0.15, 0.2) is 0 Å². The van der Waals surface area contributed by atoms with Crippen LogP contribution in [0.1, 0.15) is 23.2 Å². The van der Waals surface area contributed by atoms with E-state index in [1.807, 2.05) is 17.0 Å². The van der Waals surface area contributed by atoms with Crippen molar-refractivity contribution in [3.8, 4) is 22.8 Å². The molecule has 7 heteroatoms. The Morgan fingerprint density at radius 1 is 1.00 bits per heavy atom. The summed E-state index contributed by atoms with van der Waals surface area (Å²) in [7, 11) is 0. The molecule has 2 aromatic carbocycles. The third-order valence-corrected chi connectivity index (χ3v) is 5.06. The van der Waals surface area contributed by atoms with Gasteiger partial charge in [-0.05, 0) is 37.1 Å². The minimum atomic E-state index is -0.545. The molecule has 7 nitrogen and oxygen atoms in total. The number of para-hydroxylation sites is 1. The van der Waals surface area contributed by atoms with Crippen molar-refractivity contribution in [2.24, 2.45) is 0 Å². The molecule has 0 spiro atoms. The summed E-state index contributed by atoms with van der Waals surface area (Å²) in [6, 6.07) is 16.0. The average molecular weight is 387 g/mol. The second-order valence-electron chi connectivity index (χ2n) is 6.99. The highest BCUT2D eigenvalue weighted by atomic mass is 16.5. The van der Waals surface area contributed by atoms with Crippen LogP contribution in [0, 0.1) is 0 Å². The standard InChI is InChI=1S/C22H17N3O4/c26-21(25-10-3-4-11-25)16-8-5-7-15(12-16)19-23-20(29-24-19)17-13-14-6-1-2-9-18(14)28-22(17)27/h1-2,5-9,12-13H,3-4,10-11H2. The Labute approximate surface area is 165 Å². The number of carbonyl (C=O) groups is 1. The Morgan fingerprint density at radius 3 is 2.69 bits per heavy atom. The summed E-state index contributed by atoms with van der Waals surface area (Å²) in [5.41, 5.74) is 1.38. The van der Waals surface area contributed by atoms with Crippen molar-refractivity contribution in [1.82, 2.24) is 15.0 Å². The van der Waals surface area contributed by atoms with E-state index in [0.717, 1.165) is 31.3 Å². The topological polar surface area (TPSA) is 89.4 Å². The Morgan fingerprint density at radius 2 is 1.83 bits per heavy atom. The van der Waals surface area contributed by atoms with E-state index in [1.165, 1.54) is 0 Å². The fourth-order valence-electron chi connectivity index (χ4n) is 3.56. The number of amides is 1. The van der Waals surface area contributed by atoms with E-state index in [2.05, 4.69) is 10.1 Å². The summed E-state index contributed by atoms with van der Waals surface area (Å²) >= 11 is 0. The van der Waals surface area contributed by atoms with Gasteiger partial charge in [-0.3, -0.25) is 4.79 Å². The highest BCUT2D eigenvalue weighted by Gasteiger charge is 2.21. The predicted molar refractivity (Wildman–Crippen MR) is 106 cm³/mol. The van der Waals surface area contributed by atoms with Crippen molar-refractivity contribution >= 4 is 16.9 Å². The summed E-state index contributed by atoms with van der Waals surface area (Å²) in [5, 5.41) is 4.75. The van der Waals surface area contributed by atoms with Crippen LogP contribution in [-0.4, -0.2) is 34.0 Å². The molecule has 144 valence electrons. The normalized spacial score (nSPS) is 13.9. The number of hydrogen-bond acceptors (Lipinski definition) is 6. The number of nitrogens with zero attached hydrogens (tertiary/aromatic N) is 3. The van der Waals surface area contributed by atoms with Gasteiger partial charge in [0.1, 0.15) is 11.1 Å². The van der Waals surface area contributed by atoms with Crippen LogP contribution >= 0.6 is 0 Å². The van der Waals surface area contributed by atoms with Gasteiger partial charge in [0, 0.05) is 29.6 Å². The first kappa shape index (κ1) is 17.4. The average Bonchev–Trinajstić information content (AvgIpc) is 3.45. The molecule has 4 aromatic rings. The quantitative estimate of drug-likeness (QED) is 0.498. The lowest BCUT2D eigenvalue weighted by atomic mass is 10.1. The first-order valence-electron chi connectivity index (χ1n) is 9.46. The van der Waals surface area contributed by atoms with Gasteiger partial charge < -0.3 is 13.8 Å². The molecule has 0 bridgehead atoms. The maximum Gasteiger partial charge on any atom is 0.349 e. The van der Waals surface area contributed by atoms with Crippen LogP contribution in [0.25, 0.3) is 33.8 Å². The van der Waals surface area contributed by atoms with Gasteiger partial charge in [-0.2, -0.15) is 4.98 Å². The molecular formula is C22H17N3O4. The van der Waals surface area contributed by atoms with Crippen molar-refractivity contribution in [3.63, 3.8) is 0 Å². The van der Waals surface area contributed by atoms with Gasteiger partial charge in [-0.15, -0.1) is 0 Å². The highest BCUT2D eigenvalue weighted by molar-refractivity contribution is 5.95. The molecule has 0 N–H and O–H groups in total. The van der Waals surface area contributed by atoms with Crippen molar-refractivity contribution in [2.45, 2.75) is 12.8 Å². The largest absolute Gasteiger partial charge is 0.422 e. The molecule has 0 aliphatic carbocycles. The van der Waals surface area contributed by atoms with Gasteiger partial charge in [-0.25, -0.2) is 4.79 Å². The molecule has 1 amide bonds. The molecule has 0 radical (unpaired) electrons. The molecule has 1 fully saturated rings. The van der Waals surface area contributed by atoms with Gasteiger partial charge in [0.25, 0.3) is 11.8 Å². The summed E-state index contributed by atoms with van der Waals surface area (Å²) < 4.78 is 10.7. The minimum absolute atomic E-state index is 0.00300. The molecule has 29 heavy (non-hydrogen) atoms. The van der Waals surface area contributed by atoms with E-state index in [0.29, 0.717) is 22.5 Å². The first-order chi connectivity index (χ1) is 14.2. The molecule has 1 aliphatic rings. The predicted octanol–water partition coefficient (Wildman–Crippen LogP) is 3.75. The van der Waals surface area contributed by atoms with Crippen molar-refractivity contribution in [2.75, 3.05) is 13.1 Å². The molecular weight excluding hydrogens is 370 g/mol. The number of rotatable bonds is 3. The van der Waals surface area contributed by atoms with E-state index in [1.54, 1.807) is 42.5 Å². The third-order valence-electron chi connectivity index (χ3n) is 5.06. The maximum atomic E-state index is 12.6. The maximum absolute atomic E-state index is 12.6. The van der Waals surface area contributed by atoms with Gasteiger partial charge in [0.05, 0.1) is 0 Å². The van der Waals surface area contributed by atoms with Crippen LogP contribution in [0.15, 0.2) is 68.3 Å². The van der Waals surface area contributed by atoms with Crippen molar-refractivity contribution in [1.29, 1.82) is 0 Å². The molecule has 0 unspecified atom stereocenters. The number of aromatic nitrogens is 2. The summed E-state index contributed by atoms with van der Waals surface area (Å²) in [6.07, 6.45) is 2.07. The number of benzene rings is 2. The third kappa shape index (κ3) is 3.20. The van der Waals surface area contributed by atoms with E-state index in [9.17, 15) is 9.59 Å². The van der Waals surface area contributed by atoms with Gasteiger partial charge in [-0.1, -0.05) is 35.5 Å². The second-order valence-corrected chi connectivity index (χ2v) is 6.99. The first-order valence-corrected chi connectivity index (χ1v) is 9.46. The summed E-state index contributed by atoms with van der Waals surface area (Å²) in [6.45, 7) is 1.57. The van der Waals surface area contributed by atoms with Crippen molar-refractivity contribution in [3.05, 3.63) is 70.6 Å². The van der Waals surface area contributed by atoms with Crippen LogP contribution < -0.4 is 5.63 Å². The Bertz CT molecular complexity index is 1270. The van der Waals surface area contributed by atoms with E-state index >= 15 is 0 Å². The lowest BCUT2D eigenvalue weighted by Crippen LogP contribution is -2.27. The van der Waals surface area contributed by atoms with Gasteiger partial charge >= 0.3 is 5.63 Å². The monoisotopic (exact) mass is 387 g/mol. The van der Waals surface area contributed by atoms with Crippen LogP contribution in [-0.2, 0) is 0 Å². The fraction of sp³-hybridized carbons (Fsp3) is 0.182. The van der Waals surface area contributed by atoms with Crippen molar-refractivity contribution < 1.29 is 13.7 Å². The van der Waals surface area contributed by atoms with E-state index in [-0.39, 0.29) is 17.4 Å². The zero-order valence-electron chi connectivity index (χ0n) is 15.5. The Hall–Kier alpha value is -3.74.